The summed E-state index contributed by atoms with van der Waals surface area (Å²) >= 11 is 1.42. The van der Waals surface area contributed by atoms with Gasteiger partial charge in [0.15, 0.2) is 5.13 Å². The van der Waals surface area contributed by atoms with Crippen LogP contribution in [-0.4, -0.2) is 21.0 Å². The van der Waals surface area contributed by atoms with Gasteiger partial charge in [0.1, 0.15) is 0 Å². The highest BCUT2D eigenvalue weighted by Gasteiger charge is 2.19. The van der Waals surface area contributed by atoms with Gasteiger partial charge in [-0.05, 0) is 56.4 Å². The molecule has 0 fully saturated rings. The molecule has 5 rings (SSSR count). The summed E-state index contributed by atoms with van der Waals surface area (Å²) in [6.45, 7) is 3.62. The number of aryl methyl sites for hydroxylation is 4. The predicted octanol–water partition coefficient (Wildman–Crippen LogP) is 4.70. The molecule has 0 bridgehead atoms. The lowest BCUT2D eigenvalue weighted by Crippen LogP contribution is -2.13. The van der Waals surface area contributed by atoms with Crippen molar-refractivity contribution in [3.05, 3.63) is 57.7 Å². The Morgan fingerprint density at radius 3 is 2.89 bits per heavy atom. The van der Waals surface area contributed by atoms with Crippen LogP contribution in [-0.2, 0) is 12.8 Å². The molecule has 140 valence electrons. The number of benzene rings is 1. The number of pyridine rings is 1. The number of thiazole rings is 1. The summed E-state index contributed by atoms with van der Waals surface area (Å²) in [6, 6.07) is 8.28. The van der Waals surface area contributed by atoms with Crippen LogP contribution in [0.4, 0.5) is 5.13 Å². The molecule has 0 spiro atoms. The van der Waals surface area contributed by atoms with Crippen molar-refractivity contribution in [1.82, 2.24) is 15.1 Å². The Bertz CT molecular complexity index is 1220. The molecule has 0 radical (unpaired) electrons. The van der Waals surface area contributed by atoms with Gasteiger partial charge in [-0.1, -0.05) is 17.3 Å². The minimum absolute atomic E-state index is 0.239. The third-order valence-corrected chi connectivity index (χ3v) is 5.87. The average molecular weight is 390 g/mol. The number of nitrogens with one attached hydrogen (secondary N) is 1. The van der Waals surface area contributed by atoms with Crippen LogP contribution in [0.5, 0.6) is 0 Å². The molecule has 6 nitrogen and oxygen atoms in total. The molecule has 3 aromatic heterocycles. The molecule has 1 aliphatic carbocycles. The van der Waals surface area contributed by atoms with Crippen LogP contribution in [0.3, 0.4) is 0 Å². The smallest absolute Gasteiger partial charge is 0.258 e. The fraction of sp³-hybridized carbons (Fsp3) is 0.238. The number of aromatic nitrogens is 3. The van der Waals surface area contributed by atoms with Gasteiger partial charge in [0, 0.05) is 16.6 Å². The molecule has 0 aliphatic heterocycles. The van der Waals surface area contributed by atoms with E-state index in [1.807, 2.05) is 12.3 Å². The van der Waals surface area contributed by atoms with Crippen molar-refractivity contribution in [3.63, 3.8) is 0 Å². The Kier molecular flexibility index (Phi) is 3.98. The fourth-order valence-corrected chi connectivity index (χ4v) is 4.47. The maximum absolute atomic E-state index is 12.9. The highest BCUT2D eigenvalue weighted by molar-refractivity contribution is 7.14. The molecule has 3 heterocycles. The summed E-state index contributed by atoms with van der Waals surface area (Å²) in [5.41, 5.74) is 7.04. The molecule has 1 aromatic carbocycles. The number of hydrogen-bond donors (Lipinski definition) is 1. The SMILES string of the molecule is Cc1cc(C(=O)Nc2nc(-c3ccc4c(c3)CCC4)cs2)c2c(C)noc2n1. The van der Waals surface area contributed by atoms with Crippen molar-refractivity contribution in [3.8, 4) is 11.3 Å². The van der Waals surface area contributed by atoms with E-state index in [1.165, 1.54) is 28.9 Å². The second-order valence-corrected chi connectivity index (χ2v) is 7.95. The second-order valence-electron chi connectivity index (χ2n) is 7.09. The van der Waals surface area contributed by atoms with Crippen LogP contribution < -0.4 is 5.32 Å². The summed E-state index contributed by atoms with van der Waals surface area (Å²) in [6.07, 6.45) is 3.52. The third kappa shape index (κ3) is 2.88. The molecular weight excluding hydrogens is 372 g/mol. The van der Waals surface area contributed by atoms with E-state index < -0.39 is 0 Å². The molecule has 4 aromatic rings. The van der Waals surface area contributed by atoms with Gasteiger partial charge < -0.3 is 4.52 Å². The topological polar surface area (TPSA) is 80.9 Å². The monoisotopic (exact) mass is 390 g/mol. The van der Waals surface area contributed by atoms with Crippen LogP contribution >= 0.6 is 11.3 Å². The van der Waals surface area contributed by atoms with Gasteiger partial charge in [-0.15, -0.1) is 11.3 Å². The lowest BCUT2D eigenvalue weighted by molar-refractivity contribution is 0.102. The molecule has 0 atom stereocenters. The number of carbonyl (C=O) groups is 1. The molecule has 0 saturated heterocycles. The van der Waals surface area contributed by atoms with Crippen molar-refractivity contribution < 1.29 is 9.32 Å². The minimum atomic E-state index is -0.239. The lowest BCUT2D eigenvalue weighted by Gasteiger charge is -2.04. The molecule has 7 heteroatoms. The number of amides is 1. The van der Waals surface area contributed by atoms with Crippen molar-refractivity contribution in [1.29, 1.82) is 0 Å². The zero-order chi connectivity index (χ0) is 19.3. The summed E-state index contributed by atoms with van der Waals surface area (Å²) in [7, 11) is 0. The zero-order valence-corrected chi connectivity index (χ0v) is 16.4. The number of rotatable bonds is 3. The van der Waals surface area contributed by atoms with Crippen molar-refractivity contribution >= 4 is 33.5 Å². The van der Waals surface area contributed by atoms with E-state index in [9.17, 15) is 4.79 Å². The largest absolute Gasteiger partial charge is 0.336 e. The van der Waals surface area contributed by atoms with Crippen LogP contribution in [0.2, 0.25) is 0 Å². The van der Waals surface area contributed by atoms with Crippen molar-refractivity contribution in [2.24, 2.45) is 0 Å². The fourth-order valence-electron chi connectivity index (χ4n) is 3.76. The number of carbonyl (C=O) groups excluding carboxylic acids is 1. The summed E-state index contributed by atoms with van der Waals surface area (Å²) < 4.78 is 5.21. The van der Waals surface area contributed by atoms with Gasteiger partial charge >= 0.3 is 0 Å². The van der Waals surface area contributed by atoms with Gasteiger partial charge in [0.2, 0.25) is 0 Å². The van der Waals surface area contributed by atoms with Gasteiger partial charge in [-0.25, -0.2) is 9.97 Å². The Balaban J connectivity index is 1.43. The molecule has 0 unspecified atom stereocenters. The Labute approximate surface area is 165 Å². The van der Waals surface area contributed by atoms with E-state index in [1.54, 1.807) is 13.0 Å². The number of fused-ring (bicyclic) bond motifs is 2. The van der Waals surface area contributed by atoms with E-state index in [-0.39, 0.29) is 5.91 Å². The highest BCUT2D eigenvalue weighted by Crippen LogP contribution is 2.30. The predicted molar refractivity (Wildman–Crippen MR) is 109 cm³/mol. The van der Waals surface area contributed by atoms with Crippen LogP contribution in [0, 0.1) is 13.8 Å². The first-order chi connectivity index (χ1) is 13.6. The van der Waals surface area contributed by atoms with Gasteiger partial charge in [-0.3, -0.25) is 10.1 Å². The van der Waals surface area contributed by atoms with E-state index in [4.69, 9.17) is 4.52 Å². The maximum atomic E-state index is 12.9. The standard InChI is InChI=1S/C21H18N4O2S/c1-11-8-16(18-12(2)25-27-20(18)22-11)19(26)24-21-23-17(10-28-21)15-7-6-13-4-3-5-14(13)9-15/h6-10H,3-5H2,1-2H3,(H,23,24,26). The minimum Gasteiger partial charge on any atom is -0.336 e. The van der Waals surface area contributed by atoms with Crippen molar-refractivity contribution in [2.75, 3.05) is 5.32 Å². The summed E-state index contributed by atoms with van der Waals surface area (Å²) in [4.78, 5) is 21.8. The number of hydrogen-bond acceptors (Lipinski definition) is 6. The van der Waals surface area contributed by atoms with E-state index in [0.29, 0.717) is 33.2 Å². The highest BCUT2D eigenvalue weighted by atomic mass is 32.1. The molecule has 28 heavy (non-hydrogen) atoms. The van der Waals surface area contributed by atoms with Crippen LogP contribution in [0.25, 0.3) is 22.4 Å². The normalized spacial score (nSPS) is 13.1. The first kappa shape index (κ1) is 17.1. The second kappa shape index (κ2) is 6.53. The van der Waals surface area contributed by atoms with Gasteiger partial charge in [0.05, 0.1) is 22.3 Å². The van der Waals surface area contributed by atoms with Gasteiger partial charge in [0.25, 0.3) is 11.6 Å². The quantitative estimate of drug-likeness (QED) is 0.548. The molecular formula is C21H18N4O2S. The Morgan fingerprint density at radius 1 is 1.14 bits per heavy atom. The van der Waals surface area contributed by atoms with Gasteiger partial charge in [-0.2, -0.15) is 0 Å². The maximum Gasteiger partial charge on any atom is 0.258 e. The Hall–Kier alpha value is -3.06. The van der Waals surface area contributed by atoms with E-state index in [0.717, 1.165) is 24.1 Å². The zero-order valence-electron chi connectivity index (χ0n) is 15.6. The molecule has 1 N–H and O–H groups in total. The van der Waals surface area contributed by atoms with Crippen molar-refractivity contribution in [2.45, 2.75) is 33.1 Å². The lowest BCUT2D eigenvalue weighted by atomic mass is 10.1. The van der Waals surface area contributed by atoms with Crippen LogP contribution in [0.1, 0.15) is 39.3 Å². The summed E-state index contributed by atoms with van der Waals surface area (Å²) in [5.74, 6) is -0.239. The van der Waals surface area contributed by atoms with Crippen LogP contribution in [0.15, 0.2) is 34.2 Å². The molecule has 0 saturated carbocycles. The third-order valence-electron chi connectivity index (χ3n) is 5.11. The number of anilines is 1. The van der Waals surface area contributed by atoms with E-state index >= 15 is 0 Å². The van der Waals surface area contributed by atoms with E-state index in [2.05, 4.69) is 38.6 Å². The molecule has 1 amide bonds. The summed E-state index contributed by atoms with van der Waals surface area (Å²) in [5, 5.41) is 10.0. The first-order valence-corrected chi connectivity index (χ1v) is 10.1. The number of nitrogens with zero attached hydrogens (tertiary/aromatic N) is 3. The first-order valence-electron chi connectivity index (χ1n) is 9.21. The molecule has 1 aliphatic rings. The Morgan fingerprint density at radius 2 is 2.00 bits per heavy atom. The average Bonchev–Trinajstić information content (AvgIpc) is 3.40.